The summed E-state index contributed by atoms with van der Waals surface area (Å²) in [6.45, 7) is 2.52. The molecule has 138 valence electrons. The van der Waals surface area contributed by atoms with Gasteiger partial charge in [-0.2, -0.15) is 0 Å². The summed E-state index contributed by atoms with van der Waals surface area (Å²) in [5, 5.41) is 3.66. The summed E-state index contributed by atoms with van der Waals surface area (Å²) >= 11 is 6.16. The van der Waals surface area contributed by atoms with Gasteiger partial charge >= 0.3 is 0 Å². The average molecular weight is 382 g/mol. The quantitative estimate of drug-likeness (QED) is 0.641. The standard InChI is InChI=1S/C21H20ClN3O2/c1-3-25(17-7-5-4-6-8-17)21(26)15-11-12-23-20(13-15)24-16-9-10-19(27-2)18(22)14-16/h4-14H,3H2,1-2H3,(H,23,24). The van der Waals surface area contributed by atoms with Gasteiger partial charge in [0.1, 0.15) is 11.6 Å². The van der Waals surface area contributed by atoms with Gasteiger partial charge in [-0.15, -0.1) is 0 Å². The van der Waals surface area contributed by atoms with Crippen molar-refractivity contribution >= 4 is 34.7 Å². The van der Waals surface area contributed by atoms with E-state index >= 15 is 0 Å². The number of aromatic nitrogens is 1. The number of nitrogens with one attached hydrogen (secondary N) is 1. The molecule has 0 unspecified atom stereocenters. The van der Waals surface area contributed by atoms with Crippen LogP contribution in [-0.2, 0) is 0 Å². The van der Waals surface area contributed by atoms with Crippen LogP contribution in [0.2, 0.25) is 5.02 Å². The molecule has 5 nitrogen and oxygen atoms in total. The number of hydrogen-bond acceptors (Lipinski definition) is 4. The topological polar surface area (TPSA) is 54.5 Å². The maximum Gasteiger partial charge on any atom is 0.258 e. The van der Waals surface area contributed by atoms with Crippen molar-refractivity contribution in [3.05, 3.63) is 77.4 Å². The van der Waals surface area contributed by atoms with E-state index in [1.54, 1.807) is 42.5 Å². The number of anilines is 3. The summed E-state index contributed by atoms with van der Waals surface area (Å²) in [5.74, 6) is 1.08. The van der Waals surface area contributed by atoms with Crippen LogP contribution >= 0.6 is 11.6 Å². The fraction of sp³-hybridized carbons (Fsp3) is 0.143. The number of nitrogens with zero attached hydrogens (tertiary/aromatic N) is 2. The SMILES string of the molecule is CCN(C(=O)c1ccnc(Nc2ccc(OC)c(Cl)c2)c1)c1ccccc1. The Morgan fingerprint density at radius 1 is 1.15 bits per heavy atom. The first-order valence-corrected chi connectivity index (χ1v) is 8.93. The molecule has 0 bridgehead atoms. The molecular formula is C21H20ClN3O2. The van der Waals surface area contributed by atoms with Crippen LogP contribution in [0.3, 0.4) is 0 Å². The van der Waals surface area contributed by atoms with E-state index in [9.17, 15) is 4.79 Å². The van der Waals surface area contributed by atoms with Gasteiger partial charge in [0.2, 0.25) is 0 Å². The Morgan fingerprint density at radius 2 is 1.93 bits per heavy atom. The Bertz CT molecular complexity index is 932. The highest BCUT2D eigenvalue weighted by molar-refractivity contribution is 6.32. The molecule has 0 spiro atoms. The second-order valence-electron chi connectivity index (χ2n) is 5.79. The molecule has 0 fully saturated rings. The molecule has 0 saturated heterocycles. The normalized spacial score (nSPS) is 10.3. The maximum atomic E-state index is 13.0. The van der Waals surface area contributed by atoms with Crippen LogP contribution in [0.5, 0.6) is 5.75 Å². The molecule has 0 radical (unpaired) electrons. The molecule has 0 saturated carbocycles. The number of carbonyl (C=O) groups excluding carboxylic acids is 1. The van der Waals surface area contributed by atoms with Gasteiger partial charge in [-0.05, 0) is 49.4 Å². The Hall–Kier alpha value is -3.05. The van der Waals surface area contributed by atoms with Crippen molar-refractivity contribution in [3.8, 4) is 5.75 Å². The highest BCUT2D eigenvalue weighted by Gasteiger charge is 2.16. The first-order valence-electron chi connectivity index (χ1n) is 8.56. The monoisotopic (exact) mass is 381 g/mol. The predicted molar refractivity (Wildman–Crippen MR) is 109 cm³/mol. The molecule has 0 aliphatic heterocycles. The van der Waals surface area contributed by atoms with Crippen molar-refractivity contribution in [1.82, 2.24) is 4.98 Å². The minimum Gasteiger partial charge on any atom is -0.495 e. The van der Waals surface area contributed by atoms with Gasteiger partial charge in [-0.25, -0.2) is 4.98 Å². The van der Waals surface area contributed by atoms with Gasteiger partial charge in [0, 0.05) is 29.7 Å². The number of amides is 1. The van der Waals surface area contributed by atoms with E-state index in [0.29, 0.717) is 28.7 Å². The zero-order valence-electron chi connectivity index (χ0n) is 15.1. The van der Waals surface area contributed by atoms with Gasteiger partial charge in [0.15, 0.2) is 0 Å². The van der Waals surface area contributed by atoms with Crippen molar-refractivity contribution < 1.29 is 9.53 Å². The van der Waals surface area contributed by atoms with E-state index in [-0.39, 0.29) is 5.91 Å². The van der Waals surface area contributed by atoms with Gasteiger partial charge in [0.25, 0.3) is 5.91 Å². The highest BCUT2D eigenvalue weighted by Crippen LogP contribution is 2.28. The molecule has 2 aromatic carbocycles. The minimum absolute atomic E-state index is 0.0816. The van der Waals surface area contributed by atoms with E-state index in [4.69, 9.17) is 16.3 Å². The van der Waals surface area contributed by atoms with Crippen LogP contribution in [-0.4, -0.2) is 24.5 Å². The van der Waals surface area contributed by atoms with Crippen molar-refractivity contribution in [1.29, 1.82) is 0 Å². The lowest BCUT2D eigenvalue weighted by Gasteiger charge is -2.21. The summed E-state index contributed by atoms with van der Waals surface area (Å²) in [7, 11) is 1.57. The molecular weight excluding hydrogens is 362 g/mol. The zero-order chi connectivity index (χ0) is 19.2. The van der Waals surface area contributed by atoms with Gasteiger partial charge in [-0.3, -0.25) is 4.79 Å². The van der Waals surface area contributed by atoms with E-state index in [1.807, 2.05) is 43.3 Å². The molecule has 1 N–H and O–H groups in total. The number of halogens is 1. The number of benzene rings is 2. The van der Waals surface area contributed by atoms with Crippen LogP contribution < -0.4 is 15.0 Å². The Morgan fingerprint density at radius 3 is 2.59 bits per heavy atom. The second-order valence-corrected chi connectivity index (χ2v) is 6.20. The van der Waals surface area contributed by atoms with Gasteiger partial charge in [0.05, 0.1) is 12.1 Å². The van der Waals surface area contributed by atoms with Crippen LogP contribution in [0.25, 0.3) is 0 Å². The maximum absolute atomic E-state index is 13.0. The van der Waals surface area contributed by atoms with Gasteiger partial charge < -0.3 is 15.0 Å². The fourth-order valence-electron chi connectivity index (χ4n) is 2.73. The predicted octanol–water partition coefficient (Wildman–Crippen LogP) is 5.15. The summed E-state index contributed by atoms with van der Waals surface area (Å²) in [6, 6.07) is 18.4. The number of methoxy groups -OCH3 is 1. The number of hydrogen-bond donors (Lipinski definition) is 1. The smallest absolute Gasteiger partial charge is 0.258 e. The molecule has 3 aromatic rings. The van der Waals surface area contributed by atoms with Crippen LogP contribution in [0.1, 0.15) is 17.3 Å². The summed E-state index contributed by atoms with van der Waals surface area (Å²) in [4.78, 5) is 19.0. The molecule has 0 atom stereocenters. The molecule has 0 aliphatic carbocycles. The number of pyridine rings is 1. The summed E-state index contributed by atoms with van der Waals surface area (Å²) < 4.78 is 5.16. The highest BCUT2D eigenvalue weighted by atomic mass is 35.5. The van der Waals surface area contributed by atoms with E-state index in [2.05, 4.69) is 10.3 Å². The minimum atomic E-state index is -0.0816. The number of para-hydroxylation sites is 1. The summed E-state index contributed by atoms with van der Waals surface area (Å²) in [6.07, 6.45) is 1.61. The number of rotatable bonds is 6. The van der Waals surface area contributed by atoms with E-state index in [0.717, 1.165) is 11.4 Å². The third-order valence-corrected chi connectivity index (χ3v) is 4.36. The second kappa shape index (κ2) is 8.56. The molecule has 1 heterocycles. The third kappa shape index (κ3) is 4.38. The van der Waals surface area contributed by atoms with E-state index in [1.165, 1.54) is 0 Å². The first kappa shape index (κ1) is 18.7. The Balaban J connectivity index is 1.82. The van der Waals surface area contributed by atoms with Crippen molar-refractivity contribution in [3.63, 3.8) is 0 Å². The van der Waals surface area contributed by atoms with Crippen LogP contribution in [0, 0.1) is 0 Å². The molecule has 0 aliphatic rings. The van der Waals surface area contributed by atoms with Crippen molar-refractivity contribution in [2.75, 3.05) is 23.9 Å². The summed E-state index contributed by atoms with van der Waals surface area (Å²) in [5.41, 5.74) is 2.17. The zero-order valence-corrected chi connectivity index (χ0v) is 15.9. The molecule has 3 rings (SSSR count). The van der Waals surface area contributed by atoms with E-state index < -0.39 is 0 Å². The van der Waals surface area contributed by atoms with Crippen LogP contribution in [0.15, 0.2) is 66.9 Å². The number of ether oxygens (including phenoxy) is 1. The fourth-order valence-corrected chi connectivity index (χ4v) is 2.99. The average Bonchev–Trinajstić information content (AvgIpc) is 2.70. The van der Waals surface area contributed by atoms with Crippen molar-refractivity contribution in [2.45, 2.75) is 6.92 Å². The lowest BCUT2D eigenvalue weighted by Crippen LogP contribution is -2.30. The lowest BCUT2D eigenvalue weighted by atomic mass is 10.2. The molecule has 1 aromatic heterocycles. The third-order valence-electron chi connectivity index (χ3n) is 4.06. The lowest BCUT2D eigenvalue weighted by molar-refractivity contribution is 0.0988. The van der Waals surface area contributed by atoms with Crippen molar-refractivity contribution in [2.24, 2.45) is 0 Å². The Labute approximate surface area is 163 Å². The first-order chi connectivity index (χ1) is 13.1. The van der Waals surface area contributed by atoms with Gasteiger partial charge in [-0.1, -0.05) is 29.8 Å². The molecule has 27 heavy (non-hydrogen) atoms. The number of carbonyl (C=O) groups is 1. The molecule has 1 amide bonds. The largest absolute Gasteiger partial charge is 0.495 e. The molecule has 6 heteroatoms. The van der Waals surface area contributed by atoms with Crippen LogP contribution in [0.4, 0.5) is 17.2 Å². The Kier molecular flexibility index (Phi) is 5.94.